The van der Waals surface area contributed by atoms with E-state index in [1.807, 2.05) is 0 Å². The lowest BCUT2D eigenvalue weighted by atomic mass is 10.1. The zero-order valence-electron chi connectivity index (χ0n) is 10.6. The van der Waals surface area contributed by atoms with Crippen LogP contribution in [0.15, 0.2) is 42.5 Å². The Labute approximate surface area is 110 Å². The van der Waals surface area contributed by atoms with Gasteiger partial charge in [-0.2, -0.15) is 0 Å². The SMILES string of the molecule is Cc1cc(C(CN)Oc2ccccc2F)ccc1F. The molecule has 19 heavy (non-hydrogen) atoms. The monoisotopic (exact) mass is 263 g/mol. The zero-order chi connectivity index (χ0) is 13.8. The molecule has 2 N–H and O–H groups in total. The lowest BCUT2D eigenvalue weighted by Crippen LogP contribution is -2.19. The number of rotatable bonds is 4. The van der Waals surface area contributed by atoms with Gasteiger partial charge in [0.1, 0.15) is 11.9 Å². The van der Waals surface area contributed by atoms with Crippen LogP contribution in [0.2, 0.25) is 0 Å². The van der Waals surface area contributed by atoms with E-state index in [1.54, 1.807) is 31.2 Å². The van der Waals surface area contributed by atoms with Gasteiger partial charge in [0.25, 0.3) is 0 Å². The second-order valence-electron chi connectivity index (χ2n) is 4.28. The Morgan fingerprint density at radius 1 is 1.11 bits per heavy atom. The summed E-state index contributed by atoms with van der Waals surface area (Å²) >= 11 is 0. The summed E-state index contributed by atoms with van der Waals surface area (Å²) < 4.78 is 32.3. The first kappa shape index (κ1) is 13.5. The van der Waals surface area contributed by atoms with E-state index in [4.69, 9.17) is 10.5 Å². The van der Waals surface area contributed by atoms with E-state index in [0.29, 0.717) is 5.56 Å². The fourth-order valence-corrected chi connectivity index (χ4v) is 1.81. The minimum Gasteiger partial charge on any atom is -0.481 e. The first-order chi connectivity index (χ1) is 9.11. The molecule has 0 spiro atoms. The van der Waals surface area contributed by atoms with Crippen LogP contribution in [-0.4, -0.2) is 6.54 Å². The van der Waals surface area contributed by atoms with Crippen molar-refractivity contribution in [2.75, 3.05) is 6.54 Å². The van der Waals surface area contributed by atoms with Gasteiger partial charge in [-0.15, -0.1) is 0 Å². The highest BCUT2D eigenvalue weighted by Crippen LogP contribution is 2.24. The molecule has 2 aromatic rings. The predicted molar refractivity (Wildman–Crippen MR) is 70.0 cm³/mol. The van der Waals surface area contributed by atoms with Crippen LogP contribution in [0.1, 0.15) is 17.2 Å². The van der Waals surface area contributed by atoms with Crippen LogP contribution in [0, 0.1) is 18.6 Å². The molecule has 1 atom stereocenters. The van der Waals surface area contributed by atoms with E-state index in [0.717, 1.165) is 5.56 Å². The predicted octanol–water partition coefficient (Wildman–Crippen LogP) is 3.35. The summed E-state index contributed by atoms with van der Waals surface area (Å²) in [6, 6.07) is 10.7. The zero-order valence-corrected chi connectivity index (χ0v) is 10.6. The van der Waals surface area contributed by atoms with Crippen LogP contribution in [-0.2, 0) is 0 Å². The van der Waals surface area contributed by atoms with Gasteiger partial charge in [0.05, 0.1) is 0 Å². The fraction of sp³-hybridized carbons (Fsp3) is 0.200. The molecule has 0 saturated heterocycles. The van der Waals surface area contributed by atoms with Gasteiger partial charge in [-0.05, 0) is 42.3 Å². The first-order valence-corrected chi connectivity index (χ1v) is 5.99. The van der Waals surface area contributed by atoms with Crippen LogP contribution in [0.3, 0.4) is 0 Å². The highest BCUT2D eigenvalue weighted by atomic mass is 19.1. The second-order valence-corrected chi connectivity index (χ2v) is 4.28. The Kier molecular flexibility index (Phi) is 4.12. The molecule has 0 fully saturated rings. The van der Waals surface area contributed by atoms with Crippen molar-refractivity contribution in [2.24, 2.45) is 5.73 Å². The van der Waals surface area contributed by atoms with Crippen molar-refractivity contribution in [2.45, 2.75) is 13.0 Å². The Morgan fingerprint density at radius 2 is 1.84 bits per heavy atom. The average Bonchev–Trinajstić information content (AvgIpc) is 2.41. The number of hydrogen-bond donors (Lipinski definition) is 1. The smallest absolute Gasteiger partial charge is 0.165 e. The maximum absolute atomic E-state index is 13.5. The van der Waals surface area contributed by atoms with Crippen LogP contribution in [0.25, 0.3) is 0 Å². The molecule has 0 heterocycles. The molecule has 2 aromatic carbocycles. The molecule has 100 valence electrons. The molecule has 0 aromatic heterocycles. The number of para-hydroxylation sites is 1. The summed E-state index contributed by atoms with van der Waals surface area (Å²) in [4.78, 5) is 0. The first-order valence-electron chi connectivity index (χ1n) is 5.99. The maximum Gasteiger partial charge on any atom is 0.165 e. The molecule has 0 radical (unpaired) electrons. The third kappa shape index (κ3) is 3.09. The van der Waals surface area contributed by atoms with Gasteiger partial charge in [0.2, 0.25) is 0 Å². The van der Waals surface area contributed by atoms with Gasteiger partial charge in [-0.1, -0.05) is 18.2 Å². The molecular weight excluding hydrogens is 248 g/mol. The fourth-order valence-electron chi connectivity index (χ4n) is 1.81. The van der Waals surface area contributed by atoms with Gasteiger partial charge < -0.3 is 10.5 Å². The Morgan fingerprint density at radius 3 is 2.47 bits per heavy atom. The minimum atomic E-state index is -0.504. The van der Waals surface area contributed by atoms with Crippen LogP contribution < -0.4 is 10.5 Å². The number of benzene rings is 2. The van der Waals surface area contributed by atoms with Crippen molar-refractivity contribution < 1.29 is 13.5 Å². The number of ether oxygens (including phenoxy) is 1. The standard InChI is InChI=1S/C15H15F2NO/c1-10-8-11(6-7-12(10)16)15(9-18)19-14-5-3-2-4-13(14)17/h2-8,15H,9,18H2,1H3. The van der Waals surface area contributed by atoms with Crippen LogP contribution in [0.5, 0.6) is 5.75 Å². The maximum atomic E-state index is 13.5. The van der Waals surface area contributed by atoms with Crippen molar-refractivity contribution >= 4 is 0 Å². The van der Waals surface area contributed by atoms with Crippen LogP contribution >= 0.6 is 0 Å². The molecule has 0 saturated carbocycles. The van der Waals surface area contributed by atoms with E-state index < -0.39 is 11.9 Å². The molecule has 0 amide bonds. The molecule has 2 nitrogen and oxygen atoms in total. The molecule has 0 aliphatic heterocycles. The molecule has 2 rings (SSSR count). The summed E-state index contributed by atoms with van der Waals surface area (Å²) in [5, 5.41) is 0. The van der Waals surface area contributed by atoms with Gasteiger partial charge in [0.15, 0.2) is 11.6 Å². The summed E-state index contributed by atoms with van der Waals surface area (Å²) in [5.74, 6) is -0.592. The third-order valence-corrected chi connectivity index (χ3v) is 2.87. The van der Waals surface area contributed by atoms with Gasteiger partial charge in [-0.3, -0.25) is 0 Å². The molecule has 0 bridgehead atoms. The number of nitrogens with two attached hydrogens (primary N) is 1. The lowest BCUT2D eigenvalue weighted by molar-refractivity contribution is 0.204. The largest absolute Gasteiger partial charge is 0.481 e. The number of aryl methyl sites for hydroxylation is 1. The second kappa shape index (κ2) is 5.80. The van der Waals surface area contributed by atoms with E-state index in [9.17, 15) is 8.78 Å². The normalized spacial score (nSPS) is 12.2. The lowest BCUT2D eigenvalue weighted by Gasteiger charge is -2.18. The summed E-state index contributed by atoms with van der Waals surface area (Å²) in [5.41, 5.74) is 6.88. The third-order valence-electron chi connectivity index (χ3n) is 2.87. The van der Waals surface area contributed by atoms with Gasteiger partial charge >= 0.3 is 0 Å². The van der Waals surface area contributed by atoms with Crippen LogP contribution in [0.4, 0.5) is 8.78 Å². The molecule has 4 heteroatoms. The van der Waals surface area contributed by atoms with Crippen molar-refractivity contribution in [1.29, 1.82) is 0 Å². The van der Waals surface area contributed by atoms with E-state index in [1.165, 1.54) is 18.2 Å². The average molecular weight is 263 g/mol. The highest BCUT2D eigenvalue weighted by molar-refractivity contribution is 5.29. The van der Waals surface area contributed by atoms with E-state index in [2.05, 4.69) is 0 Å². The Balaban J connectivity index is 2.25. The van der Waals surface area contributed by atoms with Crippen molar-refractivity contribution in [3.63, 3.8) is 0 Å². The van der Waals surface area contributed by atoms with E-state index >= 15 is 0 Å². The van der Waals surface area contributed by atoms with Crippen molar-refractivity contribution in [1.82, 2.24) is 0 Å². The highest BCUT2D eigenvalue weighted by Gasteiger charge is 2.14. The topological polar surface area (TPSA) is 35.2 Å². The quantitative estimate of drug-likeness (QED) is 0.918. The molecule has 1 unspecified atom stereocenters. The summed E-state index contributed by atoms with van der Waals surface area (Å²) in [6.07, 6.45) is -0.504. The molecule has 0 aliphatic carbocycles. The summed E-state index contributed by atoms with van der Waals surface area (Å²) in [6.45, 7) is 1.84. The van der Waals surface area contributed by atoms with E-state index in [-0.39, 0.29) is 18.1 Å². The number of hydrogen-bond acceptors (Lipinski definition) is 2. The van der Waals surface area contributed by atoms with Gasteiger partial charge in [0, 0.05) is 6.54 Å². The van der Waals surface area contributed by atoms with Gasteiger partial charge in [-0.25, -0.2) is 8.78 Å². The molecule has 0 aliphatic rings. The minimum absolute atomic E-state index is 0.139. The number of halogens is 2. The summed E-state index contributed by atoms with van der Waals surface area (Å²) in [7, 11) is 0. The Hall–Kier alpha value is -1.94. The molecular formula is C15H15F2NO. The Bertz CT molecular complexity index is 572. The van der Waals surface area contributed by atoms with Crippen molar-refractivity contribution in [3.8, 4) is 5.75 Å². The van der Waals surface area contributed by atoms with Crippen molar-refractivity contribution in [3.05, 3.63) is 65.2 Å².